The summed E-state index contributed by atoms with van der Waals surface area (Å²) in [5.74, 6) is 1.74. The van der Waals surface area contributed by atoms with Gasteiger partial charge in [0.15, 0.2) is 0 Å². The molecule has 0 amide bonds. The summed E-state index contributed by atoms with van der Waals surface area (Å²) in [5.41, 5.74) is 1.05. The first-order chi connectivity index (χ1) is 8.46. The Bertz CT molecular complexity index is 470. The van der Waals surface area contributed by atoms with Crippen LogP contribution in [0.3, 0.4) is 0 Å². The smallest absolute Gasteiger partial charge is 0.310 e. The third kappa shape index (κ3) is 1.98. The van der Waals surface area contributed by atoms with Crippen molar-refractivity contribution in [3.8, 4) is 5.75 Å². The van der Waals surface area contributed by atoms with Gasteiger partial charge in [-0.2, -0.15) is 0 Å². The van der Waals surface area contributed by atoms with Gasteiger partial charge >= 0.3 is 5.97 Å². The van der Waals surface area contributed by atoms with E-state index < -0.39 is 0 Å². The number of benzene rings is 1. The van der Waals surface area contributed by atoms with E-state index >= 15 is 0 Å². The van der Waals surface area contributed by atoms with E-state index in [4.69, 9.17) is 9.47 Å². The molecule has 18 heavy (non-hydrogen) atoms. The normalized spacial score (nSPS) is 29.7. The molecule has 96 valence electrons. The number of cyclic esters (lactones) is 1. The summed E-state index contributed by atoms with van der Waals surface area (Å²) in [6, 6.07) is 8.11. The molecule has 3 atom stereocenters. The molecule has 1 saturated carbocycles. The summed E-state index contributed by atoms with van der Waals surface area (Å²) in [6.07, 6.45) is 0. The van der Waals surface area contributed by atoms with Gasteiger partial charge in [-0.25, -0.2) is 0 Å². The molecule has 0 aromatic heterocycles. The number of carbonyl (C=O) groups excluding carboxylic acids is 1. The lowest BCUT2D eigenvalue weighted by molar-refractivity contribution is -0.141. The van der Waals surface area contributed by atoms with Gasteiger partial charge in [-0.15, -0.1) is 0 Å². The lowest BCUT2D eigenvalue weighted by Crippen LogP contribution is -2.22. The number of carbonyl (C=O) groups is 1. The van der Waals surface area contributed by atoms with Crippen molar-refractivity contribution in [2.75, 3.05) is 6.61 Å². The maximum Gasteiger partial charge on any atom is 0.310 e. The van der Waals surface area contributed by atoms with Crippen LogP contribution in [0.2, 0.25) is 0 Å². The summed E-state index contributed by atoms with van der Waals surface area (Å²) in [6.45, 7) is 6.68. The summed E-state index contributed by atoms with van der Waals surface area (Å²) >= 11 is 0. The van der Waals surface area contributed by atoms with Crippen LogP contribution >= 0.6 is 0 Å². The Morgan fingerprint density at radius 2 is 1.83 bits per heavy atom. The van der Waals surface area contributed by atoms with E-state index in [2.05, 4.69) is 12.1 Å². The van der Waals surface area contributed by atoms with Crippen LogP contribution in [0.5, 0.6) is 5.75 Å². The fourth-order valence-electron chi connectivity index (χ4n) is 2.74. The highest BCUT2D eigenvalue weighted by Gasteiger charge is 2.61. The minimum absolute atomic E-state index is 0.0278. The van der Waals surface area contributed by atoms with Gasteiger partial charge in [0.05, 0.1) is 12.5 Å². The lowest BCUT2D eigenvalue weighted by Gasteiger charge is -2.21. The molecule has 2 aliphatic rings. The highest BCUT2D eigenvalue weighted by Crippen LogP contribution is 2.58. The van der Waals surface area contributed by atoms with E-state index in [1.807, 2.05) is 32.9 Å². The van der Waals surface area contributed by atoms with E-state index in [9.17, 15) is 4.79 Å². The fraction of sp³-hybridized carbons (Fsp3) is 0.533. The number of ether oxygens (including phenoxy) is 2. The maximum absolute atomic E-state index is 11.4. The van der Waals surface area contributed by atoms with Crippen LogP contribution < -0.4 is 4.74 Å². The van der Waals surface area contributed by atoms with E-state index in [1.54, 1.807) is 0 Å². The minimum atomic E-state index is -0.179. The molecule has 3 rings (SSSR count). The third-order valence-corrected chi connectivity index (χ3v) is 3.55. The molecule has 2 fully saturated rings. The van der Waals surface area contributed by atoms with Gasteiger partial charge in [-0.05, 0) is 38.5 Å². The number of esters is 1. The molecule has 1 saturated heterocycles. The molecule has 1 heterocycles. The zero-order valence-corrected chi connectivity index (χ0v) is 11.0. The predicted molar refractivity (Wildman–Crippen MR) is 67.5 cm³/mol. The predicted octanol–water partition coefficient (Wildman–Crippen LogP) is 2.75. The number of hydrogen-bond acceptors (Lipinski definition) is 3. The standard InChI is InChI=1S/C15H18O3/c1-15(2,3)18-10-6-4-9(5-7-10)12-11-8-17-14(16)13(11)12/h4-7,11-13H,8H2,1-3H3/t11-,12+,13-/m0/s1. The minimum Gasteiger partial charge on any atom is -0.488 e. The van der Waals surface area contributed by atoms with Crippen molar-refractivity contribution in [2.24, 2.45) is 11.8 Å². The van der Waals surface area contributed by atoms with Gasteiger partial charge in [-0.1, -0.05) is 12.1 Å². The van der Waals surface area contributed by atoms with E-state index in [0.717, 1.165) is 5.75 Å². The van der Waals surface area contributed by atoms with Crippen LogP contribution in [0.1, 0.15) is 32.3 Å². The SMILES string of the molecule is CC(C)(C)Oc1ccc([C@@H]2[C@@H]3COC(=O)[C@@H]32)cc1. The fourth-order valence-corrected chi connectivity index (χ4v) is 2.74. The van der Waals surface area contributed by atoms with Crippen molar-refractivity contribution in [1.29, 1.82) is 0 Å². The molecule has 1 aromatic carbocycles. The molecule has 1 aromatic rings. The summed E-state index contributed by atoms with van der Waals surface area (Å²) in [7, 11) is 0. The molecule has 1 aliphatic heterocycles. The lowest BCUT2D eigenvalue weighted by atomic mass is 10.1. The first-order valence-electron chi connectivity index (χ1n) is 6.41. The number of rotatable bonds is 2. The van der Waals surface area contributed by atoms with Crippen LogP contribution in [0.4, 0.5) is 0 Å². The first-order valence-corrected chi connectivity index (χ1v) is 6.41. The number of fused-ring (bicyclic) bond motifs is 1. The third-order valence-electron chi connectivity index (χ3n) is 3.55. The van der Waals surface area contributed by atoms with Crippen molar-refractivity contribution in [2.45, 2.75) is 32.3 Å². The monoisotopic (exact) mass is 246 g/mol. The first kappa shape index (κ1) is 11.6. The van der Waals surface area contributed by atoms with Crippen molar-refractivity contribution in [3.63, 3.8) is 0 Å². The summed E-state index contributed by atoms with van der Waals surface area (Å²) in [4.78, 5) is 11.4. The Kier molecular flexibility index (Phi) is 2.40. The zero-order valence-electron chi connectivity index (χ0n) is 11.0. The van der Waals surface area contributed by atoms with Crippen molar-refractivity contribution < 1.29 is 14.3 Å². The van der Waals surface area contributed by atoms with E-state index in [-0.39, 0.29) is 17.5 Å². The van der Waals surface area contributed by atoms with E-state index in [0.29, 0.717) is 18.4 Å². The molecule has 0 spiro atoms. The van der Waals surface area contributed by atoms with E-state index in [1.165, 1.54) is 5.56 Å². The van der Waals surface area contributed by atoms with Crippen LogP contribution in [0.15, 0.2) is 24.3 Å². The van der Waals surface area contributed by atoms with Crippen LogP contribution in [-0.2, 0) is 9.53 Å². The molecule has 0 N–H and O–H groups in total. The van der Waals surface area contributed by atoms with Gasteiger partial charge < -0.3 is 9.47 Å². The van der Waals surface area contributed by atoms with Crippen molar-refractivity contribution in [1.82, 2.24) is 0 Å². The average molecular weight is 246 g/mol. The van der Waals surface area contributed by atoms with Crippen LogP contribution in [-0.4, -0.2) is 18.2 Å². The Morgan fingerprint density at radius 1 is 1.17 bits per heavy atom. The highest BCUT2D eigenvalue weighted by atomic mass is 16.5. The molecule has 0 bridgehead atoms. The van der Waals surface area contributed by atoms with Gasteiger partial charge in [0.1, 0.15) is 11.4 Å². The zero-order chi connectivity index (χ0) is 12.9. The molecular formula is C15H18O3. The van der Waals surface area contributed by atoms with Gasteiger partial charge in [-0.3, -0.25) is 4.79 Å². The van der Waals surface area contributed by atoms with Crippen LogP contribution in [0.25, 0.3) is 0 Å². The molecule has 1 aliphatic carbocycles. The Hall–Kier alpha value is -1.51. The molecular weight excluding hydrogens is 228 g/mol. The quantitative estimate of drug-likeness (QED) is 0.753. The molecule has 0 radical (unpaired) electrons. The van der Waals surface area contributed by atoms with Crippen LogP contribution in [0, 0.1) is 11.8 Å². The second-order valence-corrected chi connectivity index (χ2v) is 6.13. The molecule has 0 unspecified atom stereocenters. The number of hydrogen-bond donors (Lipinski definition) is 0. The van der Waals surface area contributed by atoms with Crippen molar-refractivity contribution in [3.05, 3.63) is 29.8 Å². The maximum atomic E-state index is 11.4. The van der Waals surface area contributed by atoms with Crippen molar-refractivity contribution >= 4 is 5.97 Å². The Morgan fingerprint density at radius 3 is 2.33 bits per heavy atom. The summed E-state index contributed by atoms with van der Waals surface area (Å²) in [5, 5.41) is 0. The van der Waals surface area contributed by atoms with Gasteiger partial charge in [0.25, 0.3) is 0 Å². The Labute approximate surface area is 107 Å². The largest absolute Gasteiger partial charge is 0.488 e. The Balaban J connectivity index is 1.71. The van der Waals surface area contributed by atoms with Gasteiger partial charge in [0.2, 0.25) is 0 Å². The molecule has 3 heteroatoms. The summed E-state index contributed by atoms with van der Waals surface area (Å²) < 4.78 is 10.8. The van der Waals surface area contributed by atoms with Gasteiger partial charge in [0, 0.05) is 11.8 Å². The molecule has 3 nitrogen and oxygen atoms in total. The highest BCUT2D eigenvalue weighted by molar-refractivity contribution is 5.80. The second-order valence-electron chi connectivity index (χ2n) is 6.13. The second kappa shape index (κ2) is 3.74. The topological polar surface area (TPSA) is 35.5 Å². The average Bonchev–Trinajstić information content (AvgIpc) is 2.88.